The van der Waals surface area contributed by atoms with Crippen LogP contribution in [0.3, 0.4) is 0 Å². The second-order valence-electron chi connectivity index (χ2n) is 5.26. The van der Waals surface area contributed by atoms with Crippen LogP contribution < -0.4 is 4.90 Å². The maximum Gasteiger partial charge on any atom is 0.109 e. The second-order valence-corrected chi connectivity index (χ2v) is 5.26. The number of unbranched alkanes of at least 4 members (excludes halogenated alkanes) is 1. The van der Waals surface area contributed by atoms with Gasteiger partial charge in [0.05, 0.1) is 0 Å². The molecular weight excluding hydrogens is 220 g/mol. The van der Waals surface area contributed by atoms with Gasteiger partial charge >= 0.3 is 0 Å². The average molecular weight is 244 g/mol. The smallest absolute Gasteiger partial charge is 0.109 e. The molecule has 2 aromatic rings. The van der Waals surface area contributed by atoms with Gasteiger partial charge in [-0.05, 0) is 32.4 Å². The molecule has 0 bridgehead atoms. The van der Waals surface area contributed by atoms with Gasteiger partial charge in [0.25, 0.3) is 0 Å². The lowest BCUT2D eigenvalue weighted by molar-refractivity contribution is 0.629. The molecule has 1 aromatic heterocycles. The van der Waals surface area contributed by atoms with Crippen molar-refractivity contribution in [1.29, 1.82) is 0 Å². The van der Waals surface area contributed by atoms with Gasteiger partial charge < -0.3 is 9.47 Å². The molecule has 0 spiro atoms. The van der Waals surface area contributed by atoms with E-state index in [2.05, 4.69) is 67.6 Å². The Hall–Kier alpha value is -1.44. The van der Waals surface area contributed by atoms with Crippen molar-refractivity contribution in [3.63, 3.8) is 0 Å². The van der Waals surface area contributed by atoms with Gasteiger partial charge in [0.2, 0.25) is 0 Å². The summed E-state index contributed by atoms with van der Waals surface area (Å²) in [5.41, 5.74) is 1.31. The molecule has 0 saturated heterocycles. The molecule has 2 nitrogen and oxygen atoms in total. The van der Waals surface area contributed by atoms with Crippen molar-refractivity contribution in [2.75, 3.05) is 11.4 Å². The van der Waals surface area contributed by atoms with E-state index in [0.717, 1.165) is 6.54 Å². The molecule has 0 N–H and O–H groups in total. The van der Waals surface area contributed by atoms with E-state index in [1.54, 1.807) is 0 Å². The minimum Gasteiger partial charge on any atom is -0.356 e. The van der Waals surface area contributed by atoms with Crippen LogP contribution in [0.5, 0.6) is 0 Å². The number of hydrogen-bond acceptors (Lipinski definition) is 1. The normalized spacial score (nSPS) is 11.4. The number of aryl methyl sites for hydroxylation is 1. The van der Waals surface area contributed by atoms with Crippen LogP contribution in [-0.2, 0) is 7.05 Å². The largest absolute Gasteiger partial charge is 0.356 e. The Kier molecular flexibility index (Phi) is 3.95. The molecule has 0 atom stereocenters. The molecule has 98 valence electrons. The van der Waals surface area contributed by atoms with Crippen molar-refractivity contribution in [2.45, 2.75) is 39.7 Å². The van der Waals surface area contributed by atoms with Crippen molar-refractivity contribution in [3.05, 3.63) is 30.3 Å². The van der Waals surface area contributed by atoms with Gasteiger partial charge in [0.15, 0.2) is 0 Å². The van der Waals surface area contributed by atoms with E-state index >= 15 is 0 Å². The van der Waals surface area contributed by atoms with Gasteiger partial charge in [-0.15, -0.1) is 0 Å². The fraction of sp³-hybridized carbons (Fsp3) is 0.500. The third-order valence-corrected chi connectivity index (χ3v) is 3.60. The van der Waals surface area contributed by atoms with Crippen LogP contribution in [0, 0.1) is 0 Å². The van der Waals surface area contributed by atoms with Crippen molar-refractivity contribution < 1.29 is 0 Å². The van der Waals surface area contributed by atoms with Gasteiger partial charge in [-0.3, -0.25) is 0 Å². The summed E-state index contributed by atoms with van der Waals surface area (Å²) < 4.78 is 2.31. The molecule has 2 heteroatoms. The number of para-hydroxylation sites is 1. The molecule has 0 aliphatic carbocycles. The zero-order chi connectivity index (χ0) is 13.1. The minimum absolute atomic E-state index is 0.541. The number of rotatable bonds is 5. The van der Waals surface area contributed by atoms with E-state index in [4.69, 9.17) is 0 Å². The first-order valence-corrected chi connectivity index (χ1v) is 6.96. The quantitative estimate of drug-likeness (QED) is 0.765. The monoisotopic (exact) mass is 244 g/mol. The summed E-state index contributed by atoms with van der Waals surface area (Å²) in [6.07, 6.45) is 2.49. The van der Waals surface area contributed by atoms with E-state index in [9.17, 15) is 0 Å². The molecule has 2 rings (SSSR count). The third kappa shape index (κ3) is 2.38. The summed E-state index contributed by atoms with van der Waals surface area (Å²) in [6, 6.07) is 11.5. The Labute approximate surface area is 110 Å². The summed E-state index contributed by atoms with van der Waals surface area (Å²) in [4.78, 5) is 2.50. The van der Waals surface area contributed by atoms with Crippen LogP contribution in [0.4, 0.5) is 5.82 Å². The summed E-state index contributed by atoms with van der Waals surface area (Å²) in [7, 11) is 2.17. The Morgan fingerprint density at radius 2 is 1.94 bits per heavy atom. The predicted molar refractivity (Wildman–Crippen MR) is 80.3 cm³/mol. The summed E-state index contributed by atoms with van der Waals surface area (Å²) >= 11 is 0. The SMILES string of the molecule is CCCCN(c1cc2ccccc2n1C)C(C)C. The lowest BCUT2D eigenvalue weighted by Gasteiger charge is -2.29. The molecule has 0 unspecified atom stereocenters. The standard InChI is InChI=1S/C16H24N2/c1-5-6-11-18(13(2)3)16-12-14-9-7-8-10-15(14)17(16)4/h7-10,12-13H,5-6,11H2,1-4H3. The molecule has 0 fully saturated rings. The van der Waals surface area contributed by atoms with E-state index in [0.29, 0.717) is 6.04 Å². The van der Waals surface area contributed by atoms with E-state index < -0.39 is 0 Å². The van der Waals surface area contributed by atoms with Gasteiger partial charge in [-0.2, -0.15) is 0 Å². The van der Waals surface area contributed by atoms with Crippen LogP contribution in [0.2, 0.25) is 0 Å². The van der Waals surface area contributed by atoms with Crippen LogP contribution in [0.25, 0.3) is 10.9 Å². The molecular formula is C16H24N2. The van der Waals surface area contributed by atoms with Gasteiger partial charge in [0, 0.05) is 30.5 Å². The summed E-state index contributed by atoms with van der Waals surface area (Å²) in [5, 5.41) is 1.33. The third-order valence-electron chi connectivity index (χ3n) is 3.60. The van der Waals surface area contributed by atoms with Crippen molar-refractivity contribution in [2.24, 2.45) is 7.05 Å². The minimum atomic E-state index is 0.541. The molecule has 0 saturated carbocycles. The van der Waals surface area contributed by atoms with Crippen molar-refractivity contribution in [3.8, 4) is 0 Å². The van der Waals surface area contributed by atoms with Crippen LogP contribution in [0.1, 0.15) is 33.6 Å². The van der Waals surface area contributed by atoms with Gasteiger partial charge in [0.1, 0.15) is 5.82 Å². The highest BCUT2D eigenvalue weighted by molar-refractivity contribution is 5.85. The number of fused-ring (bicyclic) bond motifs is 1. The molecule has 1 heterocycles. The highest BCUT2D eigenvalue weighted by Gasteiger charge is 2.15. The van der Waals surface area contributed by atoms with E-state index in [-0.39, 0.29) is 0 Å². The average Bonchev–Trinajstić information content (AvgIpc) is 2.68. The summed E-state index contributed by atoms with van der Waals surface area (Å²) in [6.45, 7) is 7.93. The maximum atomic E-state index is 2.50. The Bertz CT molecular complexity index is 511. The predicted octanol–water partition coefficient (Wildman–Crippen LogP) is 4.19. The molecule has 0 aliphatic rings. The van der Waals surface area contributed by atoms with Crippen molar-refractivity contribution in [1.82, 2.24) is 4.57 Å². The molecule has 0 radical (unpaired) electrons. The van der Waals surface area contributed by atoms with Gasteiger partial charge in [-0.1, -0.05) is 31.5 Å². The van der Waals surface area contributed by atoms with E-state index in [1.807, 2.05) is 0 Å². The highest BCUT2D eigenvalue weighted by atomic mass is 15.2. The number of anilines is 1. The zero-order valence-electron chi connectivity index (χ0n) is 12.0. The highest BCUT2D eigenvalue weighted by Crippen LogP contribution is 2.26. The molecule has 1 aromatic carbocycles. The molecule has 18 heavy (non-hydrogen) atoms. The Morgan fingerprint density at radius 3 is 2.56 bits per heavy atom. The fourth-order valence-corrected chi connectivity index (χ4v) is 2.52. The second kappa shape index (κ2) is 5.47. The fourth-order valence-electron chi connectivity index (χ4n) is 2.52. The first-order chi connectivity index (χ1) is 8.65. The van der Waals surface area contributed by atoms with Crippen LogP contribution in [0.15, 0.2) is 30.3 Å². The summed E-state index contributed by atoms with van der Waals surface area (Å²) in [5.74, 6) is 1.33. The van der Waals surface area contributed by atoms with Crippen LogP contribution >= 0.6 is 0 Å². The van der Waals surface area contributed by atoms with Crippen LogP contribution in [-0.4, -0.2) is 17.2 Å². The first kappa shape index (κ1) is 13.0. The first-order valence-electron chi connectivity index (χ1n) is 6.96. The number of aromatic nitrogens is 1. The lowest BCUT2D eigenvalue weighted by atomic mass is 10.2. The Balaban J connectivity index is 2.40. The lowest BCUT2D eigenvalue weighted by Crippen LogP contribution is -2.33. The van der Waals surface area contributed by atoms with E-state index in [1.165, 1.54) is 29.6 Å². The van der Waals surface area contributed by atoms with Crippen molar-refractivity contribution >= 4 is 16.7 Å². The molecule has 0 aliphatic heterocycles. The van der Waals surface area contributed by atoms with Gasteiger partial charge in [-0.25, -0.2) is 0 Å². The number of hydrogen-bond donors (Lipinski definition) is 0. The maximum absolute atomic E-state index is 2.50. The molecule has 0 amide bonds. The number of benzene rings is 1. The number of nitrogens with zero attached hydrogens (tertiary/aromatic N) is 2. The topological polar surface area (TPSA) is 8.17 Å². The zero-order valence-corrected chi connectivity index (χ0v) is 12.0. The Morgan fingerprint density at radius 1 is 1.22 bits per heavy atom.